The van der Waals surface area contributed by atoms with E-state index in [0.29, 0.717) is 6.04 Å². The number of nitrogens with one attached hydrogen (secondary N) is 1. The lowest BCUT2D eigenvalue weighted by Gasteiger charge is -2.23. The molecule has 0 spiro atoms. The van der Waals surface area contributed by atoms with Crippen molar-refractivity contribution in [3.63, 3.8) is 0 Å². The number of ether oxygens (including phenoxy) is 1. The monoisotopic (exact) mass is 207 g/mol. The van der Waals surface area contributed by atoms with Crippen LogP contribution in [0, 0.1) is 6.92 Å². The number of hydrogen-bond donors (Lipinski definition) is 1. The Kier molecular flexibility index (Phi) is 4.79. The fourth-order valence-corrected chi connectivity index (χ4v) is 1.74. The summed E-state index contributed by atoms with van der Waals surface area (Å²) >= 11 is 0. The summed E-state index contributed by atoms with van der Waals surface area (Å²) in [5.41, 5.74) is 2.74. The molecule has 0 amide bonds. The fraction of sp³-hybridized carbons (Fsp3) is 0.538. The van der Waals surface area contributed by atoms with Gasteiger partial charge in [-0.2, -0.15) is 0 Å². The Morgan fingerprint density at radius 2 is 2.00 bits per heavy atom. The van der Waals surface area contributed by atoms with Gasteiger partial charge in [0.2, 0.25) is 0 Å². The zero-order valence-electron chi connectivity index (χ0n) is 10.1. The Bertz CT molecular complexity index is 298. The maximum Gasteiger partial charge on any atom is 0.0699 e. The van der Waals surface area contributed by atoms with Crippen LogP contribution in [0.4, 0.5) is 0 Å². The second kappa shape index (κ2) is 5.89. The van der Waals surface area contributed by atoms with Gasteiger partial charge < -0.3 is 10.1 Å². The van der Waals surface area contributed by atoms with Gasteiger partial charge in [-0.15, -0.1) is 0 Å². The van der Waals surface area contributed by atoms with Gasteiger partial charge in [0.25, 0.3) is 0 Å². The number of rotatable bonds is 5. The summed E-state index contributed by atoms with van der Waals surface area (Å²) in [5, 5.41) is 3.30. The molecule has 1 N–H and O–H groups in total. The molecular formula is C13H21NO. The van der Waals surface area contributed by atoms with E-state index in [2.05, 4.69) is 43.4 Å². The Morgan fingerprint density at radius 1 is 1.33 bits per heavy atom. The van der Waals surface area contributed by atoms with Crippen molar-refractivity contribution in [1.82, 2.24) is 5.32 Å². The quantitative estimate of drug-likeness (QED) is 0.799. The van der Waals surface area contributed by atoms with Crippen LogP contribution in [0.2, 0.25) is 0 Å². The topological polar surface area (TPSA) is 21.3 Å². The molecule has 0 saturated carbocycles. The smallest absolute Gasteiger partial charge is 0.0699 e. The van der Waals surface area contributed by atoms with Crippen molar-refractivity contribution in [2.45, 2.75) is 32.4 Å². The molecule has 0 fully saturated rings. The molecule has 2 heteroatoms. The van der Waals surface area contributed by atoms with Gasteiger partial charge in [0, 0.05) is 13.2 Å². The molecule has 84 valence electrons. The lowest BCUT2D eigenvalue weighted by molar-refractivity contribution is 0.0857. The third-order valence-corrected chi connectivity index (χ3v) is 3.01. The molecule has 1 aromatic rings. The first kappa shape index (κ1) is 12.2. The van der Waals surface area contributed by atoms with Crippen LogP contribution in [0.25, 0.3) is 0 Å². The lowest BCUT2D eigenvalue weighted by atomic mass is 9.98. The normalized spacial score (nSPS) is 14.9. The predicted molar refractivity (Wildman–Crippen MR) is 64.2 cm³/mol. The Labute approximate surface area is 92.6 Å². The zero-order valence-corrected chi connectivity index (χ0v) is 10.1. The van der Waals surface area contributed by atoms with Gasteiger partial charge in [0.05, 0.1) is 6.10 Å². The molecule has 0 radical (unpaired) electrons. The van der Waals surface area contributed by atoms with Crippen molar-refractivity contribution in [3.8, 4) is 0 Å². The van der Waals surface area contributed by atoms with E-state index < -0.39 is 0 Å². The van der Waals surface area contributed by atoms with E-state index >= 15 is 0 Å². The SMILES string of the molecule is CNC(Cc1ccccc1C)C(C)OC. The van der Waals surface area contributed by atoms with Crippen LogP contribution in [0.5, 0.6) is 0 Å². The van der Waals surface area contributed by atoms with E-state index in [1.54, 1.807) is 7.11 Å². The molecule has 0 aliphatic rings. The van der Waals surface area contributed by atoms with E-state index in [1.807, 2.05) is 7.05 Å². The molecule has 0 heterocycles. The van der Waals surface area contributed by atoms with Crippen molar-refractivity contribution < 1.29 is 4.74 Å². The van der Waals surface area contributed by atoms with Gasteiger partial charge in [-0.1, -0.05) is 24.3 Å². The third-order valence-electron chi connectivity index (χ3n) is 3.01. The molecule has 15 heavy (non-hydrogen) atoms. The molecule has 0 aromatic heterocycles. The number of aryl methyl sites for hydroxylation is 1. The molecule has 2 unspecified atom stereocenters. The largest absolute Gasteiger partial charge is 0.380 e. The molecular weight excluding hydrogens is 186 g/mol. The summed E-state index contributed by atoms with van der Waals surface area (Å²) in [5.74, 6) is 0. The number of likely N-dealkylation sites (N-methyl/N-ethyl adjacent to an activating group) is 1. The highest BCUT2D eigenvalue weighted by atomic mass is 16.5. The highest BCUT2D eigenvalue weighted by Crippen LogP contribution is 2.12. The van der Waals surface area contributed by atoms with Crippen molar-refractivity contribution in [2.24, 2.45) is 0 Å². The van der Waals surface area contributed by atoms with Crippen LogP contribution in [-0.4, -0.2) is 26.3 Å². The molecule has 2 nitrogen and oxygen atoms in total. The van der Waals surface area contributed by atoms with Gasteiger partial charge in [-0.05, 0) is 38.4 Å². The summed E-state index contributed by atoms with van der Waals surface area (Å²) in [6, 6.07) is 8.87. The minimum Gasteiger partial charge on any atom is -0.380 e. The first-order valence-corrected chi connectivity index (χ1v) is 5.43. The van der Waals surface area contributed by atoms with E-state index in [1.165, 1.54) is 11.1 Å². The molecule has 0 aliphatic heterocycles. The maximum absolute atomic E-state index is 5.35. The van der Waals surface area contributed by atoms with Crippen molar-refractivity contribution >= 4 is 0 Å². The molecule has 0 bridgehead atoms. The lowest BCUT2D eigenvalue weighted by Crippen LogP contribution is -2.38. The minimum atomic E-state index is 0.231. The highest BCUT2D eigenvalue weighted by molar-refractivity contribution is 5.26. The standard InChI is InChI=1S/C13H21NO/c1-10-7-5-6-8-12(10)9-13(14-3)11(2)15-4/h5-8,11,13-14H,9H2,1-4H3. The summed E-state index contributed by atoms with van der Waals surface area (Å²) in [6.45, 7) is 4.25. The maximum atomic E-state index is 5.35. The summed E-state index contributed by atoms with van der Waals surface area (Å²) in [6.07, 6.45) is 1.24. The van der Waals surface area contributed by atoms with Crippen molar-refractivity contribution in [1.29, 1.82) is 0 Å². The average Bonchev–Trinajstić information content (AvgIpc) is 2.27. The summed E-state index contributed by atoms with van der Waals surface area (Å²) in [7, 11) is 3.74. The number of hydrogen-bond acceptors (Lipinski definition) is 2. The van der Waals surface area contributed by atoms with Gasteiger partial charge in [-0.3, -0.25) is 0 Å². The Morgan fingerprint density at radius 3 is 2.53 bits per heavy atom. The van der Waals surface area contributed by atoms with E-state index in [4.69, 9.17) is 4.74 Å². The minimum absolute atomic E-state index is 0.231. The van der Waals surface area contributed by atoms with Gasteiger partial charge >= 0.3 is 0 Å². The molecule has 0 aliphatic carbocycles. The fourth-order valence-electron chi connectivity index (χ4n) is 1.74. The van der Waals surface area contributed by atoms with Gasteiger partial charge in [0.15, 0.2) is 0 Å². The predicted octanol–water partition coefficient (Wildman–Crippen LogP) is 2.16. The molecule has 2 atom stereocenters. The number of benzene rings is 1. The second-order valence-electron chi connectivity index (χ2n) is 3.97. The Hall–Kier alpha value is -0.860. The van der Waals surface area contributed by atoms with Crippen LogP contribution in [0.1, 0.15) is 18.1 Å². The second-order valence-corrected chi connectivity index (χ2v) is 3.97. The first-order valence-electron chi connectivity index (χ1n) is 5.43. The molecule has 1 aromatic carbocycles. The van der Waals surface area contributed by atoms with Gasteiger partial charge in [-0.25, -0.2) is 0 Å². The van der Waals surface area contributed by atoms with Crippen LogP contribution in [0.3, 0.4) is 0 Å². The van der Waals surface area contributed by atoms with Crippen LogP contribution >= 0.6 is 0 Å². The average molecular weight is 207 g/mol. The van der Waals surface area contributed by atoms with Crippen molar-refractivity contribution in [2.75, 3.05) is 14.2 Å². The highest BCUT2D eigenvalue weighted by Gasteiger charge is 2.15. The molecule has 0 saturated heterocycles. The third kappa shape index (κ3) is 3.33. The summed E-state index contributed by atoms with van der Waals surface area (Å²) in [4.78, 5) is 0. The first-order chi connectivity index (χ1) is 7.19. The van der Waals surface area contributed by atoms with E-state index in [9.17, 15) is 0 Å². The van der Waals surface area contributed by atoms with Crippen LogP contribution < -0.4 is 5.32 Å². The Balaban J connectivity index is 2.71. The van der Waals surface area contributed by atoms with Crippen molar-refractivity contribution in [3.05, 3.63) is 35.4 Å². The van der Waals surface area contributed by atoms with E-state index in [0.717, 1.165) is 6.42 Å². The number of methoxy groups -OCH3 is 1. The van der Waals surface area contributed by atoms with Gasteiger partial charge in [0.1, 0.15) is 0 Å². The summed E-state index contributed by atoms with van der Waals surface area (Å²) < 4.78 is 5.35. The van der Waals surface area contributed by atoms with Crippen LogP contribution in [-0.2, 0) is 11.2 Å². The zero-order chi connectivity index (χ0) is 11.3. The van der Waals surface area contributed by atoms with E-state index in [-0.39, 0.29) is 6.10 Å². The molecule has 1 rings (SSSR count). The van der Waals surface area contributed by atoms with Crippen LogP contribution in [0.15, 0.2) is 24.3 Å².